The Morgan fingerprint density at radius 1 is 1.09 bits per heavy atom. The average molecular weight is 609 g/mol. The van der Waals surface area contributed by atoms with Crippen LogP contribution in [0.5, 0.6) is 5.75 Å². The summed E-state index contributed by atoms with van der Waals surface area (Å²) in [4.78, 5) is 35.1. The van der Waals surface area contributed by atoms with Crippen molar-refractivity contribution in [2.75, 3.05) is 17.2 Å². The van der Waals surface area contributed by atoms with E-state index in [-0.39, 0.29) is 17.4 Å². The van der Waals surface area contributed by atoms with E-state index in [1.54, 1.807) is 0 Å². The van der Waals surface area contributed by atoms with Gasteiger partial charge in [-0.3, -0.25) is 9.69 Å². The van der Waals surface area contributed by atoms with Gasteiger partial charge in [-0.2, -0.15) is 4.99 Å². The topological polar surface area (TPSA) is 102 Å². The molecule has 1 N–H and O–H groups in total. The van der Waals surface area contributed by atoms with Gasteiger partial charge >= 0.3 is 12.4 Å². The van der Waals surface area contributed by atoms with Crippen molar-refractivity contribution >= 4 is 34.6 Å². The second-order valence-electron chi connectivity index (χ2n) is 9.79. The van der Waals surface area contributed by atoms with Crippen LogP contribution in [-0.4, -0.2) is 50.5 Å². The highest BCUT2D eigenvalue weighted by atomic mass is 32.2. The number of nitrogens with zero attached hydrogens (tertiary/aromatic N) is 5. The Morgan fingerprint density at radius 2 is 1.88 bits per heavy atom. The van der Waals surface area contributed by atoms with Gasteiger partial charge in [-0.05, 0) is 79.8 Å². The maximum absolute atomic E-state index is 12.6. The van der Waals surface area contributed by atoms with E-state index in [1.807, 2.05) is 56.3 Å². The first-order chi connectivity index (χ1) is 20.6. The smallest absolute Gasteiger partial charge is 0.406 e. The molecule has 0 bridgehead atoms. The number of amides is 3. The predicted molar refractivity (Wildman–Crippen MR) is 158 cm³/mol. The number of aliphatic imine (C=N–C) groups is 1. The largest absolute Gasteiger partial charge is 0.573 e. The molecule has 9 nitrogen and oxygen atoms in total. The van der Waals surface area contributed by atoms with Gasteiger partial charge in [-0.15, -0.1) is 18.3 Å². The van der Waals surface area contributed by atoms with E-state index >= 15 is 0 Å². The minimum Gasteiger partial charge on any atom is -0.406 e. The summed E-state index contributed by atoms with van der Waals surface area (Å²) < 4.78 is 42.6. The molecule has 0 radical (unpaired) electrons. The van der Waals surface area contributed by atoms with Crippen LogP contribution in [0, 0.1) is 13.8 Å². The first-order valence-electron chi connectivity index (χ1n) is 13.3. The second-order valence-corrected chi connectivity index (χ2v) is 10.7. The lowest BCUT2D eigenvalue weighted by Crippen LogP contribution is -2.32. The van der Waals surface area contributed by atoms with Gasteiger partial charge in [0, 0.05) is 12.1 Å². The van der Waals surface area contributed by atoms with Gasteiger partial charge in [-0.1, -0.05) is 42.1 Å². The highest BCUT2D eigenvalue weighted by molar-refractivity contribution is 8.15. The van der Waals surface area contributed by atoms with Crippen LogP contribution in [0.25, 0.3) is 17.1 Å². The molecule has 2 heterocycles. The lowest BCUT2D eigenvalue weighted by Gasteiger charge is -2.19. The number of carbonyl (C=O) groups is 2. The van der Waals surface area contributed by atoms with Gasteiger partial charge in [0.25, 0.3) is 0 Å². The second kappa shape index (κ2) is 12.7. The molecule has 1 aromatic heterocycles. The zero-order valence-electron chi connectivity index (χ0n) is 23.3. The van der Waals surface area contributed by atoms with Crippen LogP contribution >= 0.6 is 11.8 Å². The Morgan fingerprint density at radius 3 is 2.65 bits per heavy atom. The van der Waals surface area contributed by atoms with Gasteiger partial charge < -0.3 is 10.1 Å². The summed E-state index contributed by atoms with van der Waals surface area (Å²) in [5, 5.41) is 7.61. The molecule has 3 aromatic carbocycles. The van der Waals surface area contributed by atoms with E-state index < -0.39 is 12.4 Å². The summed E-state index contributed by atoms with van der Waals surface area (Å²) in [5.74, 6) is 0.253. The van der Waals surface area contributed by atoms with Crippen molar-refractivity contribution in [3.8, 4) is 22.8 Å². The van der Waals surface area contributed by atoms with Crippen molar-refractivity contribution in [2.45, 2.75) is 33.1 Å². The number of hydrogen-bond donors (Lipinski definition) is 1. The van der Waals surface area contributed by atoms with Crippen LogP contribution in [0.1, 0.15) is 23.1 Å². The van der Waals surface area contributed by atoms with Crippen LogP contribution in [0.3, 0.4) is 0 Å². The molecule has 3 amide bonds. The Bertz CT molecular complexity index is 1670. The Balaban J connectivity index is 1.15. The van der Waals surface area contributed by atoms with Crippen molar-refractivity contribution in [1.82, 2.24) is 20.1 Å². The third-order valence-electron chi connectivity index (χ3n) is 6.50. The molecule has 222 valence electrons. The maximum atomic E-state index is 12.6. The number of amidine groups is 1. The molecule has 1 saturated heterocycles. The summed E-state index contributed by atoms with van der Waals surface area (Å²) in [6.45, 7) is 4.25. The quantitative estimate of drug-likeness (QED) is 0.238. The van der Waals surface area contributed by atoms with Gasteiger partial charge in [0.1, 0.15) is 12.1 Å². The first-order valence-corrected chi connectivity index (χ1v) is 14.3. The number of anilines is 1. The van der Waals surface area contributed by atoms with Crippen molar-refractivity contribution in [3.05, 3.63) is 89.7 Å². The highest BCUT2D eigenvalue weighted by Crippen LogP contribution is 2.30. The van der Waals surface area contributed by atoms with Gasteiger partial charge in [-0.25, -0.2) is 14.5 Å². The molecule has 43 heavy (non-hydrogen) atoms. The number of alkyl halides is 3. The highest BCUT2D eigenvalue weighted by Gasteiger charge is 2.32. The summed E-state index contributed by atoms with van der Waals surface area (Å²) >= 11 is 1.24. The number of ether oxygens (including phenoxy) is 1. The SMILES string of the molecule is Cc1ccc(C)c(N2C(=O)CS/C2=N\C(=O)NCCCc2cccc(-c3ncn(-c4ccc(OC(F)(F)F)cc4)n3)c2)c1. The Hall–Kier alpha value is -4.65. The van der Waals surface area contributed by atoms with Crippen LogP contribution in [-0.2, 0) is 11.2 Å². The van der Waals surface area contributed by atoms with E-state index in [0.717, 1.165) is 27.9 Å². The number of aryl methyl sites for hydroxylation is 3. The van der Waals surface area contributed by atoms with Crippen molar-refractivity contribution in [2.24, 2.45) is 4.99 Å². The van der Waals surface area contributed by atoms with Gasteiger partial charge in [0.05, 0.1) is 17.1 Å². The summed E-state index contributed by atoms with van der Waals surface area (Å²) in [6, 6.07) is 18.3. The Labute approximate surface area is 249 Å². The fourth-order valence-electron chi connectivity index (χ4n) is 4.44. The third-order valence-corrected chi connectivity index (χ3v) is 7.42. The fraction of sp³-hybridized carbons (Fsp3) is 0.233. The molecule has 0 unspecified atom stereocenters. The molecule has 0 aliphatic carbocycles. The summed E-state index contributed by atoms with van der Waals surface area (Å²) in [7, 11) is 0. The minimum absolute atomic E-state index is 0.113. The molecule has 0 atom stereocenters. The third kappa shape index (κ3) is 7.60. The normalized spacial score (nSPS) is 14.4. The van der Waals surface area contributed by atoms with E-state index in [2.05, 4.69) is 25.1 Å². The van der Waals surface area contributed by atoms with Gasteiger partial charge in [0.15, 0.2) is 11.0 Å². The molecule has 1 aliphatic rings. The van der Waals surface area contributed by atoms with E-state index in [1.165, 1.54) is 51.9 Å². The number of hydrogen-bond acceptors (Lipinski definition) is 6. The molecular weight excluding hydrogens is 581 g/mol. The molecule has 1 aliphatic heterocycles. The minimum atomic E-state index is -4.76. The Kier molecular flexibility index (Phi) is 8.81. The van der Waals surface area contributed by atoms with Crippen LogP contribution in [0.2, 0.25) is 0 Å². The predicted octanol–water partition coefficient (Wildman–Crippen LogP) is 6.23. The maximum Gasteiger partial charge on any atom is 0.573 e. The molecule has 4 aromatic rings. The number of thioether (sulfide) groups is 1. The molecule has 13 heteroatoms. The number of nitrogens with one attached hydrogen (secondary N) is 1. The standard InChI is InChI=1S/C30H27F3N6O3S/c1-19-8-9-20(2)25(15-19)39-26(40)17-43-29(39)36-28(41)34-14-4-6-21-5-3-7-22(16-21)27-35-18-38(37-27)23-10-12-24(13-11-23)42-30(31,32)33/h3,5,7-13,15-16,18H,4,6,14,17H2,1-2H3,(H,34,41)/b36-29-. The average Bonchev–Trinajstić information content (AvgIpc) is 3.59. The van der Waals surface area contributed by atoms with Crippen molar-refractivity contribution in [1.29, 1.82) is 0 Å². The van der Waals surface area contributed by atoms with Crippen LogP contribution in [0.15, 0.2) is 78.0 Å². The summed E-state index contributed by atoms with van der Waals surface area (Å²) in [6.07, 6.45) is -1.95. The van der Waals surface area contributed by atoms with E-state index in [4.69, 9.17) is 0 Å². The molecular formula is C30H27F3N6O3S. The lowest BCUT2D eigenvalue weighted by molar-refractivity contribution is -0.274. The molecule has 5 rings (SSSR count). The van der Waals surface area contributed by atoms with Crippen molar-refractivity contribution < 1.29 is 27.5 Å². The molecule has 1 fully saturated rings. The first kappa shape index (κ1) is 29.8. The number of carbonyl (C=O) groups excluding carboxylic acids is 2. The van der Waals surface area contributed by atoms with E-state index in [0.29, 0.717) is 36.1 Å². The van der Waals surface area contributed by atoms with E-state index in [9.17, 15) is 22.8 Å². The lowest BCUT2D eigenvalue weighted by atomic mass is 10.1. The summed E-state index contributed by atoms with van der Waals surface area (Å²) in [5.41, 5.74) is 4.98. The monoisotopic (exact) mass is 608 g/mol. The van der Waals surface area contributed by atoms with Crippen LogP contribution < -0.4 is 15.0 Å². The number of rotatable bonds is 8. The van der Waals surface area contributed by atoms with Crippen LogP contribution in [0.4, 0.5) is 23.7 Å². The number of benzene rings is 3. The zero-order chi connectivity index (χ0) is 30.6. The fourth-order valence-corrected chi connectivity index (χ4v) is 5.30. The molecule has 0 saturated carbocycles. The van der Waals surface area contributed by atoms with Crippen molar-refractivity contribution in [3.63, 3.8) is 0 Å². The number of urea groups is 1. The molecule has 0 spiro atoms. The van der Waals surface area contributed by atoms with Gasteiger partial charge in [0.2, 0.25) is 5.91 Å². The zero-order valence-corrected chi connectivity index (χ0v) is 24.1. The number of halogens is 3. The number of aromatic nitrogens is 3.